The van der Waals surface area contributed by atoms with Crippen molar-refractivity contribution in [2.75, 3.05) is 22.1 Å². The van der Waals surface area contributed by atoms with Crippen molar-refractivity contribution in [2.24, 2.45) is 0 Å². The first-order valence-electron chi connectivity index (χ1n) is 9.59. The fourth-order valence-corrected chi connectivity index (χ4v) is 4.19. The second-order valence-electron chi connectivity index (χ2n) is 7.35. The molecule has 0 saturated carbocycles. The van der Waals surface area contributed by atoms with Gasteiger partial charge in [-0.05, 0) is 73.0 Å². The van der Waals surface area contributed by atoms with Gasteiger partial charge in [0.1, 0.15) is 17.8 Å². The zero-order valence-corrected chi connectivity index (χ0v) is 18.6. The molecule has 1 atom stereocenters. The maximum absolute atomic E-state index is 12.3. The van der Waals surface area contributed by atoms with Crippen molar-refractivity contribution < 1.29 is 13.8 Å². The summed E-state index contributed by atoms with van der Waals surface area (Å²) in [5, 5.41) is 16.6. The first kappa shape index (κ1) is 22.3. The summed E-state index contributed by atoms with van der Waals surface area (Å²) in [4.78, 5) is 24.6. The van der Waals surface area contributed by atoms with Gasteiger partial charge >= 0.3 is 0 Å². The number of benzene rings is 2. The number of nitrogens with zero attached hydrogens (tertiary/aromatic N) is 4. The molecule has 2 amide bonds. The molecule has 0 fully saturated rings. The Kier molecular flexibility index (Phi) is 6.91. The Balaban J connectivity index is 1.54. The second-order valence-corrected chi connectivity index (χ2v) is 8.81. The molecule has 2 aromatic carbocycles. The van der Waals surface area contributed by atoms with E-state index in [1.807, 2.05) is 39.8 Å². The summed E-state index contributed by atoms with van der Waals surface area (Å²) in [6.07, 6.45) is 1.48. The van der Waals surface area contributed by atoms with Crippen LogP contribution in [-0.4, -0.2) is 47.7 Å². The van der Waals surface area contributed by atoms with Crippen LogP contribution < -0.4 is 10.6 Å². The summed E-state index contributed by atoms with van der Waals surface area (Å²) in [6, 6.07) is 9.20. The van der Waals surface area contributed by atoms with Gasteiger partial charge in [-0.3, -0.25) is 13.8 Å². The summed E-state index contributed by atoms with van der Waals surface area (Å²) in [5.41, 5.74) is 5.90. The van der Waals surface area contributed by atoms with E-state index in [-0.39, 0.29) is 17.4 Å². The number of hydrogen-bond donors (Lipinski definition) is 2. The van der Waals surface area contributed by atoms with Gasteiger partial charge in [-0.25, -0.2) is 4.68 Å². The van der Waals surface area contributed by atoms with Gasteiger partial charge in [-0.2, -0.15) is 0 Å². The van der Waals surface area contributed by atoms with E-state index in [9.17, 15) is 13.8 Å². The lowest BCUT2D eigenvalue weighted by Gasteiger charge is -2.13. The first-order chi connectivity index (χ1) is 14.7. The second kappa shape index (κ2) is 9.61. The molecule has 0 bridgehead atoms. The molecular weight excluding hydrogens is 416 g/mol. The van der Waals surface area contributed by atoms with Crippen LogP contribution >= 0.6 is 0 Å². The lowest BCUT2D eigenvalue weighted by atomic mass is 10.1. The molecule has 0 saturated heterocycles. The molecule has 0 spiro atoms. The van der Waals surface area contributed by atoms with E-state index in [2.05, 4.69) is 26.2 Å². The SMILES string of the molecule is Cc1cc(C)c(NC(=O)C[S@](=O)CC(=O)Nc2ccc(-n3cnnn3)c(C)c2)c(C)c1. The third kappa shape index (κ3) is 5.82. The van der Waals surface area contributed by atoms with E-state index in [4.69, 9.17) is 0 Å². The van der Waals surface area contributed by atoms with Crippen molar-refractivity contribution >= 4 is 34.0 Å². The smallest absolute Gasteiger partial charge is 0.237 e. The molecule has 3 rings (SSSR count). The van der Waals surface area contributed by atoms with Crippen LogP contribution in [-0.2, 0) is 20.4 Å². The van der Waals surface area contributed by atoms with Crippen LogP contribution in [0.15, 0.2) is 36.7 Å². The van der Waals surface area contributed by atoms with E-state index >= 15 is 0 Å². The fourth-order valence-electron chi connectivity index (χ4n) is 3.36. The van der Waals surface area contributed by atoms with Crippen LogP contribution in [0.5, 0.6) is 0 Å². The van der Waals surface area contributed by atoms with Gasteiger partial charge in [0.15, 0.2) is 0 Å². The summed E-state index contributed by atoms with van der Waals surface area (Å²) in [6.45, 7) is 7.67. The summed E-state index contributed by atoms with van der Waals surface area (Å²) >= 11 is 0. The quantitative estimate of drug-likeness (QED) is 0.581. The van der Waals surface area contributed by atoms with E-state index in [1.165, 1.54) is 11.0 Å². The van der Waals surface area contributed by atoms with Crippen molar-refractivity contribution in [3.05, 3.63) is 58.9 Å². The Bertz CT molecular complexity index is 1120. The molecule has 0 aliphatic rings. The molecule has 0 radical (unpaired) electrons. The number of hydrogen-bond acceptors (Lipinski definition) is 6. The number of rotatable bonds is 7. The van der Waals surface area contributed by atoms with Crippen LogP contribution in [0, 0.1) is 27.7 Å². The number of tetrazole rings is 1. The summed E-state index contributed by atoms with van der Waals surface area (Å²) in [5.74, 6) is -1.34. The topological polar surface area (TPSA) is 119 Å². The van der Waals surface area contributed by atoms with Gasteiger partial charge in [0, 0.05) is 22.2 Å². The van der Waals surface area contributed by atoms with Crippen LogP contribution in [0.3, 0.4) is 0 Å². The summed E-state index contributed by atoms with van der Waals surface area (Å²) < 4.78 is 13.8. The minimum atomic E-state index is -1.63. The van der Waals surface area contributed by atoms with Crippen molar-refractivity contribution in [2.45, 2.75) is 27.7 Å². The van der Waals surface area contributed by atoms with E-state index in [0.29, 0.717) is 5.69 Å². The normalized spacial score (nSPS) is 11.7. The Morgan fingerprint density at radius 2 is 1.58 bits per heavy atom. The lowest BCUT2D eigenvalue weighted by Crippen LogP contribution is -2.26. The first-order valence-corrected chi connectivity index (χ1v) is 11.1. The maximum atomic E-state index is 12.3. The monoisotopic (exact) mass is 440 g/mol. The third-order valence-corrected chi connectivity index (χ3v) is 5.77. The number of carbonyl (C=O) groups is 2. The molecule has 0 aliphatic carbocycles. The average molecular weight is 441 g/mol. The molecule has 3 aromatic rings. The summed E-state index contributed by atoms with van der Waals surface area (Å²) in [7, 11) is -1.63. The zero-order valence-electron chi connectivity index (χ0n) is 17.8. The van der Waals surface area contributed by atoms with Crippen molar-refractivity contribution in [3.63, 3.8) is 0 Å². The van der Waals surface area contributed by atoms with Gasteiger partial charge in [0.25, 0.3) is 0 Å². The van der Waals surface area contributed by atoms with Crippen LogP contribution in [0.1, 0.15) is 22.3 Å². The molecule has 0 unspecified atom stereocenters. The van der Waals surface area contributed by atoms with Gasteiger partial charge in [-0.1, -0.05) is 17.7 Å². The Hall–Kier alpha value is -3.40. The number of nitrogens with one attached hydrogen (secondary N) is 2. The van der Waals surface area contributed by atoms with Crippen LogP contribution in [0.2, 0.25) is 0 Å². The van der Waals surface area contributed by atoms with E-state index < -0.39 is 16.7 Å². The van der Waals surface area contributed by atoms with Crippen molar-refractivity contribution in [1.82, 2.24) is 20.2 Å². The maximum Gasteiger partial charge on any atom is 0.237 e. The highest BCUT2D eigenvalue weighted by Gasteiger charge is 2.15. The van der Waals surface area contributed by atoms with Gasteiger partial charge in [-0.15, -0.1) is 5.10 Å². The minimum absolute atomic E-state index is 0.253. The largest absolute Gasteiger partial charge is 0.325 e. The number of amides is 2. The minimum Gasteiger partial charge on any atom is -0.325 e. The highest BCUT2D eigenvalue weighted by molar-refractivity contribution is 7.86. The molecule has 2 N–H and O–H groups in total. The predicted octanol–water partition coefficient (Wildman–Crippen LogP) is 2.22. The zero-order chi connectivity index (χ0) is 22.5. The standard InChI is InChI=1S/C21H24N6O3S/c1-13-7-15(3)21(16(4)8-13)24-20(29)11-31(30)10-19(28)23-17-5-6-18(14(2)9-17)27-12-22-25-26-27/h5-9,12H,10-11H2,1-4H3,(H,23,28)(H,24,29)/t31-/m1/s1. The van der Waals surface area contributed by atoms with Crippen LogP contribution in [0.4, 0.5) is 11.4 Å². The van der Waals surface area contributed by atoms with E-state index in [0.717, 1.165) is 33.6 Å². The van der Waals surface area contributed by atoms with Gasteiger partial charge in [0.2, 0.25) is 11.8 Å². The van der Waals surface area contributed by atoms with Gasteiger partial charge in [0.05, 0.1) is 5.69 Å². The fraction of sp³-hybridized carbons (Fsp3) is 0.286. The third-order valence-electron chi connectivity index (χ3n) is 4.60. The number of anilines is 2. The molecule has 9 nitrogen and oxygen atoms in total. The molecule has 31 heavy (non-hydrogen) atoms. The molecular formula is C21H24N6O3S. The van der Waals surface area contributed by atoms with Gasteiger partial charge < -0.3 is 10.6 Å². The van der Waals surface area contributed by atoms with Crippen molar-refractivity contribution in [1.29, 1.82) is 0 Å². The molecule has 10 heteroatoms. The highest BCUT2D eigenvalue weighted by Crippen LogP contribution is 2.22. The van der Waals surface area contributed by atoms with Crippen molar-refractivity contribution in [3.8, 4) is 5.69 Å². The molecule has 1 heterocycles. The van der Waals surface area contributed by atoms with E-state index in [1.54, 1.807) is 18.2 Å². The van der Waals surface area contributed by atoms with Crippen LogP contribution in [0.25, 0.3) is 5.69 Å². The molecule has 162 valence electrons. The Morgan fingerprint density at radius 3 is 2.16 bits per heavy atom. The Labute approximate surface area is 182 Å². The average Bonchev–Trinajstić information content (AvgIpc) is 3.18. The number of aryl methyl sites for hydroxylation is 4. The predicted molar refractivity (Wildman–Crippen MR) is 120 cm³/mol. The molecule has 0 aliphatic heterocycles. The number of aromatic nitrogens is 4. The highest BCUT2D eigenvalue weighted by atomic mass is 32.2. The number of carbonyl (C=O) groups excluding carboxylic acids is 2. The Morgan fingerprint density at radius 1 is 0.935 bits per heavy atom. The lowest BCUT2D eigenvalue weighted by molar-refractivity contribution is -0.114. The molecule has 1 aromatic heterocycles.